The molecule has 164 valence electrons. The average molecular weight is 430 g/mol. The number of benzene rings is 1. The molecule has 1 heterocycles. The predicted octanol–water partition coefficient (Wildman–Crippen LogP) is 1.73. The molecular weight excluding hydrogens is 399 g/mol. The summed E-state index contributed by atoms with van der Waals surface area (Å²) >= 11 is 0. The second-order valence-corrected chi connectivity index (χ2v) is 10.8. The van der Waals surface area contributed by atoms with Crippen LogP contribution in [-0.4, -0.2) is 69.3 Å². The highest BCUT2D eigenvalue weighted by Crippen LogP contribution is 2.49. The second kappa shape index (κ2) is 9.33. The Bertz CT molecular complexity index is 705. The predicted molar refractivity (Wildman–Crippen MR) is 106 cm³/mol. The molecule has 0 amide bonds. The maximum Gasteiger partial charge on any atom is 0.229 e. The first-order valence-electron chi connectivity index (χ1n) is 10.1. The van der Waals surface area contributed by atoms with E-state index in [-0.39, 0.29) is 24.8 Å². The third-order valence-corrected chi connectivity index (χ3v) is 7.16. The number of hydrogen-bond acceptors (Lipinski definition) is 7. The SMILES string of the molecule is CC(C)Oc1ccc(OC2O[C@H](CCP(=O)(O)CC3CC3)[C@@H](O)[C@H](O)[C@@H]2O)cc1. The van der Waals surface area contributed by atoms with Crippen LogP contribution < -0.4 is 9.47 Å². The third kappa shape index (κ3) is 6.41. The highest BCUT2D eigenvalue weighted by molar-refractivity contribution is 7.58. The fourth-order valence-electron chi connectivity index (χ4n) is 3.38. The molecule has 2 unspecified atom stereocenters. The highest BCUT2D eigenvalue weighted by atomic mass is 31.2. The van der Waals surface area contributed by atoms with Crippen LogP contribution in [-0.2, 0) is 9.30 Å². The number of hydrogen-bond donors (Lipinski definition) is 4. The van der Waals surface area contributed by atoms with E-state index < -0.39 is 38.1 Å². The largest absolute Gasteiger partial charge is 0.491 e. The van der Waals surface area contributed by atoms with Crippen LogP contribution in [0.1, 0.15) is 33.1 Å². The molecule has 0 spiro atoms. The molecule has 9 heteroatoms. The number of aliphatic hydroxyl groups excluding tert-OH is 3. The van der Waals surface area contributed by atoms with Crippen molar-refractivity contribution < 1.29 is 39.0 Å². The van der Waals surface area contributed by atoms with Crippen molar-refractivity contribution in [2.24, 2.45) is 5.92 Å². The Balaban J connectivity index is 1.60. The van der Waals surface area contributed by atoms with Gasteiger partial charge in [0.05, 0.1) is 12.2 Å². The summed E-state index contributed by atoms with van der Waals surface area (Å²) in [7, 11) is -3.31. The summed E-state index contributed by atoms with van der Waals surface area (Å²) in [6, 6.07) is 6.73. The number of ether oxygens (including phenoxy) is 3. The van der Waals surface area contributed by atoms with Crippen LogP contribution in [0.5, 0.6) is 11.5 Å². The lowest BCUT2D eigenvalue weighted by atomic mass is 9.97. The average Bonchev–Trinajstić information content (AvgIpc) is 3.45. The van der Waals surface area contributed by atoms with Gasteiger partial charge in [-0.2, -0.15) is 0 Å². The minimum absolute atomic E-state index is 0.0119. The van der Waals surface area contributed by atoms with Gasteiger partial charge in [-0.15, -0.1) is 0 Å². The Hall–Kier alpha value is -1.15. The normalized spacial score (nSPS) is 32.0. The van der Waals surface area contributed by atoms with Gasteiger partial charge in [0, 0.05) is 12.3 Å². The summed E-state index contributed by atoms with van der Waals surface area (Å²) in [4.78, 5) is 10.1. The summed E-state index contributed by atoms with van der Waals surface area (Å²) in [5.74, 6) is 1.38. The standard InChI is InChI=1S/C20H31O8P/c1-12(2)26-14-5-7-15(8-6-14)27-20-19(23)18(22)17(21)16(28-20)9-10-29(24,25)11-13-3-4-13/h5-8,12-13,16-23H,3-4,9-11H2,1-2H3,(H,24,25)/t16-,17-,18+,19+,20?/m1/s1. The van der Waals surface area contributed by atoms with Gasteiger partial charge in [-0.1, -0.05) is 0 Å². The zero-order valence-corrected chi connectivity index (χ0v) is 17.6. The maximum atomic E-state index is 12.3. The highest BCUT2D eigenvalue weighted by Gasteiger charge is 2.45. The molecule has 8 nitrogen and oxygen atoms in total. The first-order valence-corrected chi connectivity index (χ1v) is 12.1. The summed E-state index contributed by atoms with van der Waals surface area (Å²) < 4.78 is 29.2. The zero-order chi connectivity index (χ0) is 21.2. The maximum absolute atomic E-state index is 12.3. The Morgan fingerprint density at radius 2 is 1.69 bits per heavy atom. The molecule has 1 aromatic carbocycles. The molecular formula is C20H31O8P. The summed E-state index contributed by atoms with van der Waals surface area (Å²) in [5, 5.41) is 30.6. The molecule has 0 radical (unpaired) electrons. The fourth-order valence-corrected chi connectivity index (χ4v) is 5.39. The lowest BCUT2D eigenvalue weighted by Crippen LogP contribution is -2.59. The molecule has 1 aliphatic heterocycles. The molecule has 3 rings (SSSR count). The topological polar surface area (TPSA) is 126 Å². The second-order valence-electron chi connectivity index (χ2n) is 8.26. The Morgan fingerprint density at radius 1 is 1.07 bits per heavy atom. The van der Waals surface area contributed by atoms with Crippen LogP contribution in [0.4, 0.5) is 0 Å². The van der Waals surface area contributed by atoms with E-state index in [9.17, 15) is 24.8 Å². The van der Waals surface area contributed by atoms with Crippen LogP contribution in [0.3, 0.4) is 0 Å². The van der Waals surface area contributed by atoms with Crippen molar-refractivity contribution in [3.8, 4) is 11.5 Å². The fraction of sp³-hybridized carbons (Fsp3) is 0.700. The third-order valence-electron chi connectivity index (χ3n) is 5.12. The molecule has 1 saturated heterocycles. The van der Waals surface area contributed by atoms with Gasteiger partial charge in [0.2, 0.25) is 13.7 Å². The van der Waals surface area contributed by atoms with Crippen LogP contribution in [0.15, 0.2) is 24.3 Å². The van der Waals surface area contributed by atoms with Crippen molar-refractivity contribution in [2.75, 3.05) is 12.3 Å². The van der Waals surface area contributed by atoms with Crippen LogP contribution in [0, 0.1) is 5.92 Å². The summed E-state index contributed by atoms with van der Waals surface area (Å²) in [5.41, 5.74) is 0. The molecule has 29 heavy (non-hydrogen) atoms. The summed E-state index contributed by atoms with van der Waals surface area (Å²) in [6.07, 6.45) is -4.08. The van der Waals surface area contributed by atoms with Crippen molar-refractivity contribution in [1.29, 1.82) is 0 Å². The minimum Gasteiger partial charge on any atom is -0.491 e. The van der Waals surface area contributed by atoms with E-state index >= 15 is 0 Å². The van der Waals surface area contributed by atoms with Crippen LogP contribution in [0.2, 0.25) is 0 Å². The van der Waals surface area contributed by atoms with E-state index in [0.717, 1.165) is 12.8 Å². The van der Waals surface area contributed by atoms with E-state index in [1.807, 2.05) is 13.8 Å². The quantitative estimate of drug-likeness (QED) is 0.437. The van der Waals surface area contributed by atoms with Crippen LogP contribution in [0.25, 0.3) is 0 Å². The van der Waals surface area contributed by atoms with Gasteiger partial charge in [-0.3, -0.25) is 4.57 Å². The first kappa shape index (κ1) is 22.5. The van der Waals surface area contributed by atoms with Crippen molar-refractivity contribution in [3.63, 3.8) is 0 Å². The molecule has 2 aliphatic rings. The molecule has 0 bridgehead atoms. The minimum atomic E-state index is -3.31. The molecule has 2 fully saturated rings. The van der Waals surface area contributed by atoms with Gasteiger partial charge < -0.3 is 34.4 Å². The van der Waals surface area contributed by atoms with Gasteiger partial charge in [0.25, 0.3) is 0 Å². The van der Waals surface area contributed by atoms with E-state index in [0.29, 0.717) is 17.4 Å². The van der Waals surface area contributed by atoms with E-state index in [1.54, 1.807) is 24.3 Å². The van der Waals surface area contributed by atoms with E-state index in [1.165, 1.54) is 0 Å². The number of aliphatic hydroxyl groups is 3. The van der Waals surface area contributed by atoms with Crippen molar-refractivity contribution in [1.82, 2.24) is 0 Å². The van der Waals surface area contributed by atoms with Gasteiger partial charge in [0.15, 0.2) is 0 Å². The van der Waals surface area contributed by atoms with E-state index in [2.05, 4.69) is 0 Å². The Kier molecular flexibility index (Phi) is 7.25. The van der Waals surface area contributed by atoms with Gasteiger partial charge >= 0.3 is 0 Å². The molecule has 0 aromatic heterocycles. The molecule has 4 N–H and O–H groups in total. The van der Waals surface area contributed by atoms with Crippen molar-refractivity contribution in [2.45, 2.75) is 69.9 Å². The lowest BCUT2D eigenvalue weighted by Gasteiger charge is -2.40. The molecule has 1 saturated carbocycles. The van der Waals surface area contributed by atoms with Crippen LogP contribution >= 0.6 is 7.37 Å². The van der Waals surface area contributed by atoms with Gasteiger partial charge in [0.1, 0.15) is 29.8 Å². The molecule has 1 aliphatic carbocycles. The first-order chi connectivity index (χ1) is 13.6. The van der Waals surface area contributed by atoms with Gasteiger partial charge in [-0.25, -0.2) is 0 Å². The molecule has 1 aromatic rings. The van der Waals surface area contributed by atoms with Crippen molar-refractivity contribution >= 4 is 7.37 Å². The number of rotatable bonds is 9. The van der Waals surface area contributed by atoms with Crippen molar-refractivity contribution in [3.05, 3.63) is 24.3 Å². The zero-order valence-electron chi connectivity index (χ0n) is 16.8. The summed E-state index contributed by atoms with van der Waals surface area (Å²) in [6.45, 7) is 3.83. The monoisotopic (exact) mass is 430 g/mol. The molecule has 6 atom stereocenters. The van der Waals surface area contributed by atoms with Gasteiger partial charge in [-0.05, 0) is 63.3 Å². The Labute approximate surface area is 170 Å². The van der Waals surface area contributed by atoms with E-state index in [4.69, 9.17) is 14.2 Å². The smallest absolute Gasteiger partial charge is 0.229 e. The Morgan fingerprint density at radius 3 is 2.28 bits per heavy atom. The lowest BCUT2D eigenvalue weighted by molar-refractivity contribution is -0.272.